The molecule has 1 unspecified atom stereocenters. The highest BCUT2D eigenvalue weighted by molar-refractivity contribution is 7.48. The number of carbonyl (C=O) groups excluding carboxylic acids is 1. The average molecular weight is 259 g/mol. The summed E-state index contributed by atoms with van der Waals surface area (Å²) in [4.78, 5) is 19.7. The fraction of sp³-hybridized carbons (Fsp3) is 0.300. The summed E-state index contributed by atoms with van der Waals surface area (Å²) in [5.41, 5.74) is 6.37. The molecule has 7 heteroatoms. The Balaban J connectivity index is 2.68. The summed E-state index contributed by atoms with van der Waals surface area (Å²) in [6, 6.07) is 6.46. The largest absolute Gasteiger partial charge is 0.587 e. The van der Waals surface area contributed by atoms with Crippen LogP contribution in [0.5, 0.6) is 5.75 Å². The molecule has 1 aromatic rings. The maximum Gasteiger partial charge on any atom is 0.587 e. The predicted molar refractivity (Wildman–Crippen MR) is 61.4 cm³/mol. The van der Waals surface area contributed by atoms with Crippen molar-refractivity contribution in [2.45, 2.75) is 13.3 Å². The van der Waals surface area contributed by atoms with E-state index in [2.05, 4.69) is 9.05 Å². The maximum absolute atomic E-state index is 11.3. The van der Waals surface area contributed by atoms with Gasteiger partial charge in [0.15, 0.2) is 0 Å². The van der Waals surface area contributed by atoms with Crippen LogP contribution in [-0.4, -0.2) is 17.4 Å². The molecule has 0 bridgehead atoms. The standard InChI is InChI=1S/C10H14NO5P/c1-8(12)15-17(13,14)16-10-4-2-9(3-5-10)6-7-11/h2-5H,6-7,11H2,1H3,(H,13,14). The zero-order chi connectivity index (χ0) is 12.9. The zero-order valence-corrected chi connectivity index (χ0v) is 10.2. The molecule has 0 heterocycles. The molecule has 1 rings (SSSR count). The van der Waals surface area contributed by atoms with Crippen LogP contribution in [0.15, 0.2) is 24.3 Å². The van der Waals surface area contributed by atoms with E-state index in [0.717, 1.165) is 12.5 Å². The minimum Gasteiger partial charge on any atom is -0.395 e. The molecule has 0 saturated carbocycles. The quantitative estimate of drug-likeness (QED) is 0.771. The first-order valence-corrected chi connectivity index (χ1v) is 6.44. The minimum absolute atomic E-state index is 0.151. The van der Waals surface area contributed by atoms with E-state index in [9.17, 15) is 14.3 Å². The van der Waals surface area contributed by atoms with Gasteiger partial charge < -0.3 is 14.8 Å². The van der Waals surface area contributed by atoms with Gasteiger partial charge >= 0.3 is 13.8 Å². The third kappa shape index (κ3) is 4.99. The van der Waals surface area contributed by atoms with E-state index in [1.807, 2.05) is 0 Å². The number of hydrogen-bond acceptors (Lipinski definition) is 5. The van der Waals surface area contributed by atoms with Crippen molar-refractivity contribution in [3.05, 3.63) is 29.8 Å². The molecule has 1 atom stereocenters. The second-order valence-electron chi connectivity index (χ2n) is 3.33. The molecule has 0 aromatic heterocycles. The number of nitrogens with two attached hydrogens (primary N) is 1. The van der Waals surface area contributed by atoms with Crippen LogP contribution in [0.1, 0.15) is 12.5 Å². The molecule has 0 aliphatic rings. The number of phosphoric ester groups is 1. The summed E-state index contributed by atoms with van der Waals surface area (Å²) in [6.45, 7) is 1.54. The molecule has 0 spiro atoms. The van der Waals surface area contributed by atoms with E-state index >= 15 is 0 Å². The maximum atomic E-state index is 11.3. The lowest BCUT2D eigenvalue weighted by Gasteiger charge is -2.11. The first-order valence-electron chi connectivity index (χ1n) is 4.94. The summed E-state index contributed by atoms with van der Waals surface area (Å²) in [5.74, 6) is -0.728. The lowest BCUT2D eigenvalue weighted by molar-refractivity contribution is -0.133. The van der Waals surface area contributed by atoms with Gasteiger partial charge in [-0.05, 0) is 30.7 Å². The predicted octanol–water partition coefficient (Wildman–Crippen LogP) is 1.23. The van der Waals surface area contributed by atoms with Crippen LogP contribution in [-0.2, 0) is 20.3 Å². The SMILES string of the molecule is CC(=O)OP(=O)(O)Oc1ccc(CCN)cc1. The van der Waals surface area contributed by atoms with E-state index in [0.29, 0.717) is 13.0 Å². The van der Waals surface area contributed by atoms with E-state index in [1.165, 1.54) is 12.1 Å². The van der Waals surface area contributed by atoms with Crippen molar-refractivity contribution in [2.24, 2.45) is 5.73 Å². The Hall–Kier alpha value is -1.36. The van der Waals surface area contributed by atoms with Gasteiger partial charge in [-0.1, -0.05) is 12.1 Å². The van der Waals surface area contributed by atoms with Gasteiger partial charge in [0, 0.05) is 6.92 Å². The second kappa shape index (κ2) is 5.82. The Labute approximate surface area is 99.0 Å². The zero-order valence-electron chi connectivity index (χ0n) is 9.33. The topological polar surface area (TPSA) is 98.9 Å². The molecule has 6 nitrogen and oxygen atoms in total. The van der Waals surface area contributed by atoms with Crippen LogP contribution in [0, 0.1) is 0 Å². The van der Waals surface area contributed by atoms with E-state index in [1.54, 1.807) is 12.1 Å². The minimum atomic E-state index is -4.38. The molecule has 0 aliphatic heterocycles. The van der Waals surface area contributed by atoms with Gasteiger partial charge in [0.1, 0.15) is 5.75 Å². The van der Waals surface area contributed by atoms with Gasteiger partial charge in [0.2, 0.25) is 0 Å². The summed E-state index contributed by atoms with van der Waals surface area (Å²) in [7, 11) is -4.38. The molecule has 1 aromatic carbocycles. The Bertz CT molecular complexity index is 431. The summed E-state index contributed by atoms with van der Waals surface area (Å²) in [5, 5.41) is 0. The van der Waals surface area contributed by atoms with Crippen molar-refractivity contribution in [3.63, 3.8) is 0 Å². The summed E-state index contributed by atoms with van der Waals surface area (Å²) in [6.07, 6.45) is 0.709. The van der Waals surface area contributed by atoms with Crippen molar-refractivity contribution in [3.8, 4) is 5.75 Å². The molecule has 3 N–H and O–H groups in total. The third-order valence-corrected chi connectivity index (χ3v) is 2.75. The van der Waals surface area contributed by atoms with Crippen molar-refractivity contribution in [1.82, 2.24) is 0 Å². The smallest absolute Gasteiger partial charge is 0.395 e. The number of phosphoric acid groups is 1. The van der Waals surface area contributed by atoms with Gasteiger partial charge in [-0.3, -0.25) is 9.69 Å². The lowest BCUT2D eigenvalue weighted by Crippen LogP contribution is -2.03. The summed E-state index contributed by atoms with van der Waals surface area (Å²) >= 11 is 0. The van der Waals surface area contributed by atoms with Crippen molar-refractivity contribution < 1.29 is 23.3 Å². The molecule has 0 aliphatic carbocycles. The number of hydrogen-bond donors (Lipinski definition) is 2. The fourth-order valence-corrected chi connectivity index (χ4v) is 1.95. The van der Waals surface area contributed by atoms with Gasteiger partial charge in [0.05, 0.1) is 0 Å². The van der Waals surface area contributed by atoms with Crippen LogP contribution in [0.2, 0.25) is 0 Å². The number of rotatable bonds is 5. The second-order valence-corrected chi connectivity index (χ2v) is 4.63. The highest BCUT2D eigenvalue weighted by atomic mass is 31.2. The Morgan fingerprint density at radius 2 is 2.00 bits per heavy atom. The van der Waals surface area contributed by atoms with E-state index < -0.39 is 13.8 Å². The van der Waals surface area contributed by atoms with E-state index in [4.69, 9.17) is 5.73 Å². The fourth-order valence-electron chi connectivity index (χ4n) is 1.20. The van der Waals surface area contributed by atoms with E-state index in [-0.39, 0.29) is 5.75 Å². The summed E-state index contributed by atoms with van der Waals surface area (Å²) < 4.78 is 20.1. The highest BCUT2D eigenvalue weighted by Crippen LogP contribution is 2.43. The molecule has 94 valence electrons. The van der Waals surface area contributed by atoms with Crippen molar-refractivity contribution in [1.29, 1.82) is 0 Å². The first-order chi connectivity index (χ1) is 7.93. The monoisotopic (exact) mass is 259 g/mol. The third-order valence-electron chi connectivity index (χ3n) is 1.82. The Morgan fingerprint density at radius 3 is 2.47 bits per heavy atom. The number of benzene rings is 1. The van der Waals surface area contributed by atoms with Crippen LogP contribution < -0.4 is 10.3 Å². The van der Waals surface area contributed by atoms with Crippen LogP contribution >= 0.6 is 7.82 Å². The van der Waals surface area contributed by atoms with Crippen molar-refractivity contribution >= 4 is 13.8 Å². The van der Waals surface area contributed by atoms with Gasteiger partial charge in [-0.15, -0.1) is 0 Å². The Morgan fingerprint density at radius 1 is 1.41 bits per heavy atom. The molecular weight excluding hydrogens is 245 g/mol. The molecule has 0 radical (unpaired) electrons. The normalized spacial score (nSPS) is 13.8. The van der Waals surface area contributed by atoms with Crippen LogP contribution in [0.3, 0.4) is 0 Å². The molecule has 0 fully saturated rings. The lowest BCUT2D eigenvalue weighted by atomic mass is 10.1. The van der Waals surface area contributed by atoms with Gasteiger partial charge in [0.25, 0.3) is 0 Å². The Kier molecular flexibility index (Phi) is 4.69. The molecule has 17 heavy (non-hydrogen) atoms. The van der Waals surface area contributed by atoms with Crippen LogP contribution in [0.25, 0.3) is 0 Å². The van der Waals surface area contributed by atoms with Gasteiger partial charge in [-0.2, -0.15) is 0 Å². The highest BCUT2D eigenvalue weighted by Gasteiger charge is 2.26. The van der Waals surface area contributed by atoms with Crippen molar-refractivity contribution in [2.75, 3.05) is 6.54 Å². The average Bonchev–Trinajstić information content (AvgIpc) is 2.18. The number of carbonyl (C=O) groups is 1. The van der Waals surface area contributed by atoms with Gasteiger partial charge in [-0.25, -0.2) is 4.57 Å². The first kappa shape index (κ1) is 13.7. The van der Waals surface area contributed by atoms with Crippen LogP contribution in [0.4, 0.5) is 0 Å². The molecule has 0 saturated heterocycles. The molecule has 0 amide bonds. The molecular formula is C10H14NO5P.